The van der Waals surface area contributed by atoms with E-state index >= 15 is 0 Å². The van der Waals surface area contributed by atoms with Crippen LogP contribution >= 0.6 is 11.3 Å². The molecule has 118 valence electrons. The monoisotopic (exact) mass is 324 g/mol. The van der Waals surface area contributed by atoms with Crippen molar-refractivity contribution in [1.29, 1.82) is 0 Å². The zero-order valence-corrected chi connectivity index (χ0v) is 13.1. The largest absolute Gasteiger partial charge is 0.439 e. The Bertz CT molecular complexity index is 602. The third-order valence-electron chi connectivity index (χ3n) is 3.77. The molecule has 2 aliphatic rings. The molecule has 0 saturated carbocycles. The molecule has 1 aromatic rings. The van der Waals surface area contributed by atoms with Crippen molar-refractivity contribution in [1.82, 2.24) is 14.8 Å². The molecule has 2 fully saturated rings. The van der Waals surface area contributed by atoms with Gasteiger partial charge in [0.15, 0.2) is 11.7 Å². The van der Waals surface area contributed by atoms with Crippen LogP contribution in [-0.2, 0) is 9.53 Å². The van der Waals surface area contributed by atoms with Crippen molar-refractivity contribution in [2.45, 2.75) is 13.8 Å². The lowest BCUT2D eigenvalue weighted by atomic mass is 10.0. The minimum absolute atomic E-state index is 0.0973. The van der Waals surface area contributed by atoms with Gasteiger partial charge in [0.25, 0.3) is 5.91 Å². The van der Waals surface area contributed by atoms with E-state index in [4.69, 9.17) is 0 Å². The maximum absolute atomic E-state index is 12.0. The number of urea groups is 1. The molecule has 3 rings (SSSR count). The van der Waals surface area contributed by atoms with Gasteiger partial charge in [0.1, 0.15) is 0 Å². The second kappa shape index (κ2) is 5.56. The number of hydrogen-bond donors (Lipinski definition) is 1. The van der Waals surface area contributed by atoms with Crippen molar-refractivity contribution in [2.24, 2.45) is 5.92 Å². The predicted octanol–water partition coefficient (Wildman–Crippen LogP) is 1.20. The summed E-state index contributed by atoms with van der Waals surface area (Å²) in [5, 5.41) is 3.34. The molecule has 0 aliphatic carbocycles. The minimum atomic E-state index is -0.596. The van der Waals surface area contributed by atoms with Crippen molar-refractivity contribution in [3.8, 4) is 0 Å². The Morgan fingerprint density at radius 2 is 2.14 bits per heavy atom. The number of ether oxygens (including phenoxy) is 1. The summed E-state index contributed by atoms with van der Waals surface area (Å²) in [7, 11) is 0. The molecule has 3 heterocycles. The molecule has 8 nitrogen and oxygen atoms in total. The van der Waals surface area contributed by atoms with Gasteiger partial charge in [-0.3, -0.25) is 10.1 Å². The molecular weight excluding hydrogens is 308 g/mol. The van der Waals surface area contributed by atoms with E-state index in [1.54, 1.807) is 4.90 Å². The highest BCUT2D eigenvalue weighted by Crippen LogP contribution is 2.24. The number of rotatable bonds is 3. The Labute approximate surface area is 131 Å². The van der Waals surface area contributed by atoms with E-state index in [1.807, 2.05) is 13.8 Å². The van der Waals surface area contributed by atoms with E-state index in [-0.39, 0.29) is 24.5 Å². The number of cyclic esters (lactones) is 1. The third-order valence-corrected chi connectivity index (χ3v) is 4.76. The number of thiazole rings is 1. The van der Waals surface area contributed by atoms with Gasteiger partial charge < -0.3 is 9.64 Å². The summed E-state index contributed by atoms with van der Waals surface area (Å²) in [6, 6.07) is -0.208. The summed E-state index contributed by atoms with van der Waals surface area (Å²) in [6.45, 7) is 4.98. The molecule has 4 amide bonds. The van der Waals surface area contributed by atoms with Crippen LogP contribution in [0.25, 0.3) is 0 Å². The van der Waals surface area contributed by atoms with E-state index in [0.717, 1.165) is 15.5 Å². The van der Waals surface area contributed by atoms with Crippen LogP contribution in [0.5, 0.6) is 0 Å². The number of likely N-dealkylation sites (tertiary alicyclic amines) is 1. The Morgan fingerprint density at radius 3 is 2.68 bits per heavy atom. The summed E-state index contributed by atoms with van der Waals surface area (Å²) in [6.07, 6.45) is -0.596. The van der Waals surface area contributed by atoms with Gasteiger partial charge in [0.2, 0.25) is 0 Å². The summed E-state index contributed by atoms with van der Waals surface area (Å²) in [5.41, 5.74) is 0.910. The SMILES string of the molecule is Cc1nc(NC(=O)N2CC(CN3C(=O)COC3=O)C2)sc1C. The molecule has 0 unspecified atom stereocenters. The Morgan fingerprint density at radius 1 is 1.41 bits per heavy atom. The fourth-order valence-electron chi connectivity index (χ4n) is 2.36. The van der Waals surface area contributed by atoms with Crippen LogP contribution < -0.4 is 5.32 Å². The van der Waals surface area contributed by atoms with E-state index in [2.05, 4.69) is 15.0 Å². The second-order valence-electron chi connectivity index (χ2n) is 5.42. The summed E-state index contributed by atoms with van der Waals surface area (Å²) in [5.74, 6) is -0.221. The molecule has 1 aromatic heterocycles. The second-order valence-corrected chi connectivity index (χ2v) is 6.62. The van der Waals surface area contributed by atoms with Gasteiger partial charge in [0.05, 0.1) is 5.69 Å². The van der Waals surface area contributed by atoms with Crippen molar-refractivity contribution in [3.05, 3.63) is 10.6 Å². The van der Waals surface area contributed by atoms with Crippen LogP contribution in [0, 0.1) is 19.8 Å². The van der Waals surface area contributed by atoms with E-state index in [1.165, 1.54) is 11.3 Å². The molecule has 9 heteroatoms. The van der Waals surface area contributed by atoms with Gasteiger partial charge in [0, 0.05) is 30.4 Å². The van der Waals surface area contributed by atoms with Crippen LogP contribution in [0.3, 0.4) is 0 Å². The number of amides is 4. The smallest absolute Gasteiger partial charge is 0.417 e. The third kappa shape index (κ3) is 2.76. The Balaban J connectivity index is 1.47. The Hall–Kier alpha value is -2.16. The number of hydrogen-bond acceptors (Lipinski definition) is 6. The zero-order chi connectivity index (χ0) is 15.9. The number of carbonyl (C=O) groups is 3. The van der Waals surface area contributed by atoms with Crippen molar-refractivity contribution in [3.63, 3.8) is 0 Å². The number of aryl methyl sites for hydroxylation is 2. The fraction of sp³-hybridized carbons (Fsp3) is 0.538. The molecule has 2 saturated heterocycles. The van der Waals surface area contributed by atoms with E-state index < -0.39 is 6.09 Å². The van der Waals surface area contributed by atoms with E-state index in [0.29, 0.717) is 24.8 Å². The molecule has 0 aromatic carbocycles. The van der Waals surface area contributed by atoms with Crippen LogP contribution in [0.15, 0.2) is 0 Å². The van der Waals surface area contributed by atoms with Gasteiger partial charge in [-0.2, -0.15) is 0 Å². The number of nitrogens with one attached hydrogen (secondary N) is 1. The predicted molar refractivity (Wildman–Crippen MR) is 78.7 cm³/mol. The number of imide groups is 1. The lowest BCUT2D eigenvalue weighted by Crippen LogP contribution is -2.55. The molecule has 0 spiro atoms. The number of anilines is 1. The van der Waals surface area contributed by atoms with Crippen LogP contribution in [0.2, 0.25) is 0 Å². The molecular formula is C13H16N4O4S. The molecule has 0 radical (unpaired) electrons. The van der Waals surface area contributed by atoms with Gasteiger partial charge >= 0.3 is 12.1 Å². The maximum atomic E-state index is 12.0. The first-order valence-electron chi connectivity index (χ1n) is 6.91. The van der Waals surface area contributed by atoms with Gasteiger partial charge in [-0.05, 0) is 13.8 Å². The lowest BCUT2D eigenvalue weighted by Gasteiger charge is -2.39. The van der Waals surface area contributed by atoms with Gasteiger partial charge in [-0.15, -0.1) is 11.3 Å². The lowest BCUT2D eigenvalue weighted by molar-refractivity contribution is -0.126. The molecule has 2 aliphatic heterocycles. The number of carbonyl (C=O) groups excluding carboxylic acids is 3. The molecule has 22 heavy (non-hydrogen) atoms. The highest BCUT2D eigenvalue weighted by molar-refractivity contribution is 7.15. The first kappa shape index (κ1) is 14.8. The highest BCUT2D eigenvalue weighted by Gasteiger charge is 2.38. The minimum Gasteiger partial charge on any atom is -0.439 e. The van der Waals surface area contributed by atoms with Crippen molar-refractivity contribution < 1.29 is 19.1 Å². The average molecular weight is 324 g/mol. The maximum Gasteiger partial charge on any atom is 0.417 e. The Kier molecular flexibility index (Phi) is 3.73. The van der Waals surface area contributed by atoms with Gasteiger partial charge in [-0.1, -0.05) is 0 Å². The first-order valence-corrected chi connectivity index (χ1v) is 7.72. The van der Waals surface area contributed by atoms with Crippen LogP contribution in [-0.4, -0.2) is 59.1 Å². The number of aromatic nitrogens is 1. The van der Waals surface area contributed by atoms with Gasteiger partial charge in [-0.25, -0.2) is 19.5 Å². The zero-order valence-electron chi connectivity index (χ0n) is 12.3. The number of nitrogens with zero attached hydrogens (tertiary/aromatic N) is 3. The molecule has 1 N–H and O–H groups in total. The molecule has 0 atom stereocenters. The quantitative estimate of drug-likeness (QED) is 0.902. The fourth-order valence-corrected chi connectivity index (χ4v) is 3.17. The van der Waals surface area contributed by atoms with Crippen LogP contribution in [0.1, 0.15) is 10.6 Å². The summed E-state index contributed by atoms with van der Waals surface area (Å²) < 4.78 is 4.65. The van der Waals surface area contributed by atoms with Crippen LogP contribution in [0.4, 0.5) is 14.7 Å². The van der Waals surface area contributed by atoms with E-state index in [9.17, 15) is 14.4 Å². The molecule has 0 bridgehead atoms. The summed E-state index contributed by atoms with van der Waals surface area (Å²) in [4.78, 5) is 42.9. The van der Waals surface area contributed by atoms with Crippen molar-refractivity contribution >= 4 is 34.5 Å². The van der Waals surface area contributed by atoms with Crippen molar-refractivity contribution in [2.75, 3.05) is 31.6 Å². The first-order chi connectivity index (χ1) is 10.4. The standard InChI is InChI=1S/C13H16N4O4S/c1-7-8(2)22-11(14-7)15-12(19)16-3-9(4-16)5-17-10(18)6-21-13(17)20/h9H,3-6H2,1-2H3,(H,14,15,19). The summed E-state index contributed by atoms with van der Waals surface area (Å²) >= 11 is 1.44. The highest BCUT2D eigenvalue weighted by atomic mass is 32.1. The normalized spacial score (nSPS) is 18.5. The topological polar surface area (TPSA) is 91.8 Å². The average Bonchev–Trinajstić information content (AvgIpc) is 2.88.